The Hall–Kier alpha value is -1.14. The fourth-order valence-corrected chi connectivity index (χ4v) is 2.70. The van der Waals surface area contributed by atoms with Crippen LogP contribution in [0.25, 0.3) is 0 Å². The molecule has 18 heavy (non-hydrogen) atoms. The van der Waals surface area contributed by atoms with Gasteiger partial charge >= 0.3 is 6.03 Å². The molecule has 6 nitrogen and oxygen atoms in total. The molecule has 0 aliphatic carbocycles. The van der Waals surface area contributed by atoms with Crippen molar-refractivity contribution in [3.8, 4) is 0 Å². The molecule has 2 rings (SSSR count). The predicted molar refractivity (Wildman–Crippen MR) is 66.0 cm³/mol. The summed E-state index contributed by atoms with van der Waals surface area (Å²) in [7, 11) is 0. The highest BCUT2D eigenvalue weighted by Crippen LogP contribution is 2.29. The number of likely N-dealkylation sites (tertiary alicyclic amines) is 1. The van der Waals surface area contributed by atoms with E-state index < -0.39 is 5.54 Å². The molecule has 0 aromatic rings. The number of hydrogen-bond donors (Lipinski definition) is 2. The number of piperidine rings is 1. The first kappa shape index (κ1) is 13.3. The first-order chi connectivity index (χ1) is 8.63. The number of carbonyl (C=O) groups is 2. The Morgan fingerprint density at radius 3 is 2.56 bits per heavy atom. The van der Waals surface area contributed by atoms with E-state index in [1.807, 2.05) is 0 Å². The highest BCUT2D eigenvalue weighted by Gasteiger charge is 2.51. The van der Waals surface area contributed by atoms with Crippen molar-refractivity contribution in [1.29, 1.82) is 0 Å². The van der Waals surface area contributed by atoms with Crippen molar-refractivity contribution in [2.75, 3.05) is 32.8 Å². The number of rotatable bonds is 4. The SMILES string of the molecule is CCN1CCC2(CC1)NC(=O)N(CCCO)C2=O. The van der Waals surface area contributed by atoms with E-state index in [4.69, 9.17) is 5.11 Å². The van der Waals surface area contributed by atoms with Crippen LogP contribution in [0.5, 0.6) is 0 Å². The number of nitrogens with zero attached hydrogens (tertiary/aromatic N) is 2. The molecule has 102 valence electrons. The lowest BCUT2D eigenvalue weighted by atomic mass is 9.87. The Morgan fingerprint density at radius 1 is 1.33 bits per heavy atom. The summed E-state index contributed by atoms with van der Waals surface area (Å²) in [4.78, 5) is 27.7. The molecule has 0 atom stereocenters. The molecule has 0 radical (unpaired) electrons. The van der Waals surface area contributed by atoms with Gasteiger partial charge in [-0.25, -0.2) is 4.79 Å². The van der Waals surface area contributed by atoms with Crippen molar-refractivity contribution < 1.29 is 14.7 Å². The predicted octanol–water partition coefficient (Wildman–Crippen LogP) is -0.225. The molecule has 2 fully saturated rings. The summed E-state index contributed by atoms with van der Waals surface area (Å²) in [6, 6.07) is -0.307. The van der Waals surface area contributed by atoms with E-state index in [1.54, 1.807) is 0 Å². The van der Waals surface area contributed by atoms with Crippen LogP contribution in [-0.2, 0) is 4.79 Å². The first-order valence-corrected chi connectivity index (χ1v) is 6.60. The number of aliphatic hydroxyl groups is 1. The zero-order valence-electron chi connectivity index (χ0n) is 10.8. The molecule has 0 bridgehead atoms. The lowest BCUT2D eigenvalue weighted by Crippen LogP contribution is -2.54. The summed E-state index contributed by atoms with van der Waals surface area (Å²) in [6.07, 6.45) is 1.80. The Bertz CT molecular complexity index is 337. The molecule has 0 aromatic heterocycles. The Balaban J connectivity index is 2.03. The third kappa shape index (κ3) is 2.22. The normalized spacial score (nSPS) is 23.8. The lowest BCUT2D eigenvalue weighted by molar-refractivity contribution is -0.133. The number of carbonyl (C=O) groups excluding carboxylic acids is 2. The Kier molecular flexibility index (Phi) is 3.87. The standard InChI is InChI=1S/C12H21N3O3/c1-2-14-7-4-12(5-8-14)10(17)15(6-3-9-16)11(18)13-12/h16H,2-9H2,1H3,(H,13,18). The van der Waals surface area contributed by atoms with Gasteiger partial charge in [0, 0.05) is 26.2 Å². The topological polar surface area (TPSA) is 72.9 Å². The van der Waals surface area contributed by atoms with Crippen molar-refractivity contribution in [3.05, 3.63) is 0 Å². The monoisotopic (exact) mass is 255 g/mol. The van der Waals surface area contributed by atoms with Crippen molar-refractivity contribution >= 4 is 11.9 Å². The van der Waals surface area contributed by atoms with E-state index in [0.29, 0.717) is 25.8 Å². The van der Waals surface area contributed by atoms with Crippen LogP contribution in [0.2, 0.25) is 0 Å². The minimum absolute atomic E-state index is 0.00628. The highest BCUT2D eigenvalue weighted by atomic mass is 16.3. The molecule has 2 saturated heterocycles. The van der Waals surface area contributed by atoms with Crippen molar-refractivity contribution in [2.45, 2.75) is 31.7 Å². The van der Waals surface area contributed by atoms with Gasteiger partial charge in [0.15, 0.2) is 0 Å². The summed E-state index contributed by atoms with van der Waals surface area (Å²) in [6.45, 7) is 5.06. The third-order valence-electron chi connectivity index (χ3n) is 3.94. The summed E-state index contributed by atoms with van der Waals surface area (Å²) >= 11 is 0. The number of nitrogens with one attached hydrogen (secondary N) is 1. The van der Waals surface area contributed by atoms with Crippen molar-refractivity contribution in [2.24, 2.45) is 0 Å². The van der Waals surface area contributed by atoms with Crippen LogP contribution in [0.4, 0.5) is 4.79 Å². The van der Waals surface area contributed by atoms with E-state index in [-0.39, 0.29) is 18.5 Å². The van der Waals surface area contributed by atoms with Gasteiger partial charge in [-0.15, -0.1) is 0 Å². The van der Waals surface area contributed by atoms with E-state index in [9.17, 15) is 9.59 Å². The van der Waals surface area contributed by atoms with Crippen LogP contribution in [0.3, 0.4) is 0 Å². The lowest BCUT2D eigenvalue weighted by Gasteiger charge is -2.36. The minimum Gasteiger partial charge on any atom is -0.396 e. The van der Waals surface area contributed by atoms with Crippen LogP contribution >= 0.6 is 0 Å². The quantitative estimate of drug-likeness (QED) is 0.681. The number of urea groups is 1. The molecule has 2 heterocycles. The number of aliphatic hydroxyl groups excluding tert-OH is 1. The number of imide groups is 1. The van der Waals surface area contributed by atoms with E-state index in [1.165, 1.54) is 4.90 Å². The molecule has 2 N–H and O–H groups in total. The van der Waals surface area contributed by atoms with Gasteiger partial charge in [0.05, 0.1) is 0 Å². The molecule has 0 saturated carbocycles. The zero-order chi connectivity index (χ0) is 13.2. The maximum absolute atomic E-state index is 12.3. The molecule has 1 spiro atoms. The van der Waals surface area contributed by atoms with Crippen LogP contribution in [-0.4, -0.2) is 65.2 Å². The third-order valence-corrected chi connectivity index (χ3v) is 3.94. The van der Waals surface area contributed by atoms with E-state index in [0.717, 1.165) is 19.6 Å². The maximum Gasteiger partial charge on any atom is 0.325 e. The minimum atomic E-state index is -0.682. The molecule has 3 amide bonds. The van der Waals surface area contributed by atoms with Crippen molar-refractivity contribution in [1.82, 2.24) is 15.1 Å². The van der Waals surface area contributed by atoms with Gasteiger partial charge in [-0.2, -0.15) is 0 Å². The van der Waals surface area contributed by atoms with Crippen LogP contribution in [0.1, 0.15) is 26.2 Å². The molecule has 2 aliphatic rings. The summed E-state index contributed by atoms with van der Waals surface area (Å²) in [5, 5.41) is 11.6. The molecule has 0 aromatic carbocycles. The second-order valence-electron chi connectivity index (χ2n) is 4.98. The Morgan fingerprint density at radius 2 is 2.00 bits per heavy atom. The van der Waals surface area contributed by atoms with Gasteiger partial charge in [-0.1, -0.05) is 6.92 Å². The summed E-state index contributed by atoms with van der Waals surface area (Å²) in [5.74, 6) is -0.114. The van der Waals surface area contributed by atoms with Gasteiger partial charge in [-0.05, 0) is 25.8 Å². The van der Waals surface area contributed by atoms with E-state index >= 15 is 0 Å². The highest BCUT2D eigenvalue weighted by molar-refractivity contribution is 6.07. The van der Waals surface area contributed by atoms with Gasteiger partial charge in [0.25, 0.3) is 5.91 Å². The number of amides is 3. The van der Waals surface area contributed by atoms with Gasteiger partial charge in [-0.3, -0.25) is 9.69 Å². The second-order valence-corrected chi connectivity index (χ2v) is 4.98. The summed E-state index contributed by atoms with van der Waals surface area (Å²) < 4.78 is 0. The fraction of sp³-hybridized carbons (Fsp3) is 0.833. The largest absolute Gasteiger partial charge is 0.396 e. The van der Waals surface area contributed by atoms with Gasteiger partial charge in [0.2, 0.25) is 0 Å². The second kappa shape index (κ2) is 5.24. The van der Waals surface area contributed by atoms with Gasteiger partial charge in [0.1, 0.15) is 5.54 Å². The van der Waals surface area contributed by atoms with Crippen molar-refractivity contribution in [3.63, 3.8) is 0 Å². The maximum atomic E-state index is 12.3. The van der Waals surface area contributed by atoms with Crippen LogP contribution < -0.4 is 5.32 Å². The van der Waals surface area contributed by atoms with Gasteiger partial charge < -0.3 is 15.3 Å². The average molecular weight is 255 g/mol. The zero-order valence-corrected chi connectivity index (χ0v) is 10.8. The van der Waals surface area contributed by atoms with E-state index in [2.05, 4.69) is 17.1 Å². The Labute approximate surface area is 107 Å². The molecule has 0 unspecified atom stereocenters. The molecular formula is C12H21N3O3. The summed E-state index contributed by atoms with van der Waals surface area (Å²) in [5.41, 5.74) is -0.682. The molecule has 6 heteroatoms. The molecular weight excluding hydrogens is 234 g/mol. The first-order valence-electron chi connectivity index (χ1n) is 6.60. The van der Waals surface area contributed by atoms with Crippen LogP contribution in [0.15, 0.2) is 0 Å². The number of hydrogen-bond acceptors (Lipinski definition) is 4. The van der Waals surface area contributed by atoms with Crippen LogP contribution in [0, 0.1) is 0 Å². The smallest absolute Gasteiger partial charge is 0.325 e. The average Bonchev–Trinajstić information content (AvgIpc) is 2.60. The molecule has 2 aliphatic heterocycles. The fourth-order valence-electron chi connectivity index (χ4n) is 2.70.